The Hall–Kier alpha value is -2.98. The zero-order valence-corrected chi connectivity index (χ0v) is 23.7. The summed E-state index contributed by atoms with van der Waals surface area (Å²) in [5, 5.41) is 18.1. The van der Waals surface area contributed by atoms with Crippen LogP contribution in [0.25, 0.3) is 0 Å². The Bertz CT molecular complexity index is 1020. The summed E-state index contributed by atoms with van der Waals surface area (Å²) in [5.41, 5.74) is -1.32. The van der Waals surface area contributed by atoms with Crippen molar-refractivity contribution in [1.82, 2.24) is 16.0 Å². The molecule has 1 aliphatic heterocycles. The number of nitrogens with one attached hydrogen (secondary N) is 3. The Balaban J connectivity index is 1.75. The van der Waals surface area contributed by atoms with Crippen molar-refractivity contribution in [1.29, 1.82) is 0 Å². The Morgan fingerprint density at radius 2 is 1.64 bits per heavy atom. The zero-order valence-electron chi connectivity index (χ0n) is 23.7. The third-order valence-corrected chi connectivity index (χ3v) is 7.37. The van der Waals surface area contributed by atoms with Crippen LogP contribution in [0.1, 0.15) is 71.8 Å². The fourth-order valence-electron chi connectivity index (χ4n) is 4.96. The molecule has 1 aromatic carbocycles. The lowest BCUT2D eigenvalue weighted by molar-refractivity contribution is -0.134. The highest BCUT2D eigenvalue weighted by Crippen LogP contribution is 2.33. The van der Waals surface area contributed by atoms with Gasteiger partial charge in [0.1, 0.15) is 23.4 Å². The number of ether oxygens (including phenoxy) is 2. The van der Waals surface area contributed by atoms with E-state index in [1.54, 1.807) is 38.3 Å². The molecule has 10 nitrogen and oxygen atoms in total. The molecule has 1 saturated carbocycles. The molecule has 0 bridgehead atoms. The molecule has 0 radical (unpaired) electrons. The Labute approximate surface area is 230 Å². The summed E-state index contributed by atoms with van der Waals surface area (Å²) < 4.78 is 10.6. The molecular formula is C29H43N3O7. The maximum atomic E-state index is 13.6. The number of ketones is 1. The van der Waals surface area contributed by atoms with Crippen molar-refractivity contribution in [2.75, 3.05) is 13.7 Å². The van der Waals surface area contributed by atoms with Crippen LogP contribution in [0, 0.1) is 5.92 Å². The molecular weight excluding hydrogens is 502 g/mol. The molecule has 1 saturated heterocycles. The first-order chi connectivity index (χ1) is 18.3. The average molecular weight is 546 g/mol. The van der Waals surface area contributed by atoms with Gasteiger partial charge in [-0.25, -0.2) is 0 Å². The van der Waals surface area contributed by atoms with E-state index >= 15 is 0 Å². The van der Waals surface area contributed by atoms with E-state index in [1.807, 2.05) is 0 Å². The maximum absolute atomic E-state index is 13.6. The van der Waals surface area contributed by atoms with Crippen molar-refractivity contribution in [3.63, 3.8) is 0 Å². The molecule has 4 atom stereocenters. The Morgan fingerprint density at radius 1 is 1.05 bits per heavy atom. The highest BCUT2D eigenvalue weighted by molar-refractivity contribution is 5.98. The molecule has 1 heterocycles. The zero-order chi connectivity index (χ0) is 28.8. The molecule has 2 aliphatic rings. The standard InChI is InChI=1S/C29H43N3O7/c1-18(30-24(33)16-28(2,3)37)26(35)32-23(15-20-10-12-21(38-5)13-11-20)27(36)31-22(14-19-8-6-7-9-19)25(34)29(4)17-39-29/h10-13,18-19,22-23,37H,6-9,14-17H2,1-5H3,(H,30,33)(H,31,36)(H,32,35)/t18-,22+,23+,29-/m1/s1. The summed E-state index contributed by atoms with van der Waals surface area (Å²) in [5.74, 6) is -0.654. The van der Waals surface area contributed by atoms with E-state index in [1.165, 1.54) is 20.8 Å². The third-order valence-electron chi connectivity index (χ3n) is 7.37. The molecule has 0 spiro atoms. The van der Waals surface area contributed by atoms with Gasteiger partial charge in [-0.1, -0.05) is 37.8 Å². The van der Waals surface area contributed by atoms with Crippen LogP contribution in [0.3, 0.4) is 0 Å². The number of benzene rings is 1. The quantitative estimate of drug-likeness (QED) is 0.261. The molecule has 4 N–H and O–H groups in total. The van der Waals surface area contributed by atoms with Crippen molar-refractivity contribution in [3.05, 3.63) is 29.8 Å². The second-order valence-electron chi connectivity index (χ2n) is 11.7. The number of carbonyl (C=O) groups is 4. The van der Waals surface area contributed by atoms with Gasteiger partial charge in [0.05, 0.1) is 31.8 Å². The van der Waals surface area contributed by atoms with E-state index in [0.29, 0.717) is 24.7 Å². The van der Waals surface area contributed by atoms with Crippen LogP contribution in [-0.4, -0.2) is 71.7 Å². The summed E-state index contributed by atoms with van der Waals surface area (Å²) in [4.78, 5) is 52.1. The minimum atomic E-state index is -1.22. The normalized spacial score (nSPS) is 21.4. The van der Waals surface area contributed by atoms with Crippen molar-refractivity contribution in [2.24, 2.45) is 5.92 Å². The first-order valence-electron chi connectivity index (χ1n) is 13.7. The fraction of sp³-hybridized carbons (Fsp3) is 0.655. The lowest BCUT2D eigenvalue weighted by atomic mass is 9.90. The van der Waals surface area contributed by atoms with Crippen molar-refractivity contribution in [3.8, 4) is 5.75 Å². The first-order valence-corrected chi connectivity index (χ1v) is 13.7. The maximum Gasteiger partial charge on any atom is 0.243 e. The number of Topliss-reactive ketones (excluding diaryl/α,β-unsaturated/α-hetero) is 1. The van der Waals surface area contributed by atoms with Crippen molar-refractivity contribution < 1.29 is 33.8 Å². The molecule has 0 unspecified atom stereocenters. The number of carbonyl (C=O) groups excluding carboxylic acids is 4. The third kappa shape index (κ3) is 9.32. The minimum Gasteiger partial charge on any atom is -0.497 e. The summed E-state index contributed by atoms with van der Waals surface area (Å²) >= 11 is 0. The van der Waals surface area contributed by atoms with Gasteiger partial charge in [0.15, 0.2) is 5.78 Å². The van der Waals surface area contributed by atoms with E-state index < -0.39 is 47.0 Å². The molecule has 3 rings (SSSR count). The fourth-order valence-corrected chi connectivity index (χ4v) is 4.96. The molecule has 1 aliphatic carbocycles. The van der Waals surface area contributed by atoms with Crippen LogP contribution in [0.15, 0.2) is 24.3 Å². The van der Waals surface area contributed by atoms with Gasteiger partial charge in [0, 0.05) is 6.42 Å². The van der Waals surface area contributed by atoms with Gasteiger partial charge in [0.25, 0.3) is 0 Å². The van der Waals surface area contributed by atoms with Crippen LogP contribution < -0.4 is 20.7 Å². The van der Waals surface area contributed by atoms with E-state index in [0.717, 1.165) is 31.2 Å². The van der Waals surface area contributed by atoms with Crippen molar-refractivity contribution >= 4 is 23.5 Å². The van der Waals surface area contributed by atoms with E-state index in [2.05, 4.69) is 16.0 Å². The van der Waals surface area contributed by atoms with E-state index in [4.69, 9.17) is 9.47 Å². The van der Waals surface area contributed by atoms with E-state index in [9.17, 15) is 24.3 Å². The summed E-state index contributed by atoms with van der Waals surface area (Å²) in [6.45, 7) is 6.58. The number of hydrogen-bond acceptors (Lipinski definition) is 7. The lowest BCUT2D eigenvalue weighted by Crippen LogP contribution is -2.57. The summed E-state index contributed by atoms with van der Waals surface area (Å²) in [6, 6.07) is 4.49. The largest absolute Gasteiger partial charge is 0.497 e. The average Bonchev–Trinajstić information content (AvgIpc) is 3.40. The number of epoxide rings is 1. The molecule has 216 valence electrons. The number of amides is 3. The SMILES string of the molecule is COc1ccc(C[C@H](NC(=O)[C@@H](C)NC(=O)CC(C)(C)O)C(=O)N[C@@H](CC2CCCC2)C(=O)[C@@]2(C)CO2)cc1. The van der Waals surface area contributed by atoms with Gasteiger partial charge in [-0.2, -0.15) is 0 Å². The topological polar surface area (TPSA) is 146 Å². The second kappa shape index (κ2) is 12.9. The van der Waals surface area contributed by atoms with Gasteiger partial charge >= 0.3 is 0 Å². The Kier molecular flexibility index (Phi) is 10.1. The summed E-state index contributed by atoms with van der Waals surface area (Å²) in [6.07, 6.45) is 4.80. The molecule has 3 amide bonds. The van der Waals surface area contributed by atoms with Gasteiger partial charge in [-0.05, 0) is 57.7 Å². The van der Waals surface area contributed by atoms with E-state index in [-0.39, 0.29) is 18.6 Å². The van der Waals surface area contributed by atoms with Gasteiger partial charge in [-0.15, -0.1) is 0 Å². The van der Waals surface area contributed by atoms with Gasteiger partial charge in [0.2, 0.25) is 17.7 Å². The summed E-state index contributed by atoms with van der Waals surface area (Å²) in [7, 11) is 1.56. The Morgan fingerprint density at radius 3 is 2.18 bits per heavy atom. The van der Waals surface area contributed by atoms with Crippen molar-refractivity contribution in [2.45, 2.75) is 102 Å². The first kappa shape index (κ1) is 30.6. The molecule has 1 aromatic rings. The number of methoxy groups -OCH3 is 1. The van der Waals surface area contributed by atoms with Gasteiger partial charge < -0.3 is 30.5 Å². The van der Waals surface area contributed by atoms with Crippen LogP contribution in [0.4, 0.5) is 0 Å². The van der Waals surface area contributed by atoms with Crippen LogP contribution in [0.5, 0.6) is 5.75 Å². The monoisotopic (exact) mass is 545 g/mol. The van der Waals surface area contributed by atoms with Crippen LogP contribution >= 0.6 is 0 Å². The highest BCUT2D eigenvalue weighted by atomic mass is 16.6. The second-order valence-corrected chi connectivity index (χ2v) is 11.7. The van der Waals surface area contributed by atoms with Crippen LogP contribution in [0.2, 0.25) is 0 Å². The predicted octanol–water partition coefficient (Wildman–Crippen LogP) is 1.81. The number of rotatable bonds is 14. The van der Waals surface area contributed by atoms with Gasteiger partial charge in [-0.3, -0.25) is 19.2 Å². The smallest absolute Gasteiger partial charge is 0.243 e. The predicted molar refractivity (Wildman–Crippen MR) is 145 cm³/mol. The highest BCUT2D eigenvalue weighted by Gasteiger charge is 2.50. The lowest BCUT2D eigenvalue weighted by Gasteiger charge is -2.27. The molecule has 2 fully saturated rings. The molecule has 39 heavy (non-hydrogen) atoms. The number of aliphatic hydroxyl groups is 1. The van der Waals surface area contributed by atoms with Crippen LogP contribution in [-0.2, 0) is 30.3 Å². The number of hydrogen-bond donors (Lipinski definition) is 4. The molecule has 0 aromatic heterocycles. The molecule has 10 heteroatoms. The minimum absolute atomic E-state index is 0.149.